The normalized spacial score (nSPS) is 12.4. The average Bonchev–Trinajstić information content (AvgIpc) is 2.91. The predicted octanol–water partition coefficient (Wildman–Crippen LogP) is 0.446. The van der Waals surface area contributed by atoms with Crippen molar-refractivity contribution in [2.45, 2.75) is 6.92 Å². The minimum absolute atomic E-state index is 0.0254. The zero-order valence-electron chi connectivity index (χ0n) is 13.1. The highest BCUT2D eigenvalue weighted by Gasteiger charge is 2.20. The van der Waals surface area contributed by atoms with Crippen LogP contribution in [-0.4, -0.2) is 57.2 Å². The largest absolute Gasteiger partial charge is 0.454 e. The summed E-state index contributed by atoms with van der Waals surface area (Å²) in [6.07, 6.45) is 0. The maximum absolute atomic E-state index is 12.0. The number of rotatable bonds is 6. The summed E-state index contributed by atoms with van der Waals surface area (Å²) >= 11 is 0. The lowest BCUT2D eigenvalue weighted by molar-refractivity contribution is -0.123. The number of carbonyl (C=O) groups is 2. The van der Waals surface area contributed by atoms with E-state index >= 15 is 0 Å². The molecule has 0 saturated heterocycles. The molecule has 1 aliphatic heterocycles. The number of ether oxygens (including phenoxy) is 2. The van der Waals surface area contributed by atoms with Crippen LogP contribution in [0.3, 0.4) is 0 Å². The summed E-state index contributed by atoms with van der Waals surface area (Å²) in [5.41, 5.74) is 0.611. The maximum atomic E-state index is 12.0. The molecule has 2 rings (SSSR count). The number of hydrogen-bond acceptors (Lipinski definition) is 5. The van der Waals surface area contributed by atoms with Crippen LogP contribution in [0.5, 0.6) is 11.5 Å². The van der Waals surface area contributed by atoms with Crippen molar-refractivity contribution in [3.05, 3.63) is 18.2 Å². The number of likely N-dealkylation sites (N-methyl/N-ethyl adjacent to an activating group) is 1. The molecule has 1 aromatic rings. The number of amides is 2. The second kappa shape index (κ2) is 7.13. The molecule has 0 spiro atoms. The second-order valence-electron chi connectivity index (χ2n) is 5.30. The van der Waals surface area contributed by atoms with Crippen molar-refractivity contribution in [3.8, 4) is 11.5 Å². The van der Waals surface area contributed by atoms with Gasteiger partial charge in [0.1, 0.15) is 6.54 Å². The molecular weight excluding hydrogens is 286 g/mol. The van der Waals surface area contributed by atoms with Crippen LogP contribution in [-0.2, 0) is 9.59 Å². The Labute approximate surface area is 129 Å². The fourth-order valence-electron chi connectivity index (χ4n) is 2.06. The van der Waals surface area contributed by atoms with Gasteiger partial charge in [0.05, 0.1) is 0 Å². The standard InChI is InChI=1S/C15H21N3O4/c1-11(19)18(9-15(20)16-6-7-17(2)3)12-4-5-13-14(8-12)22-10-21-13/h4-5,8H,6-7,9-10H2,1-3H3,(H,16,20). The SMILES string of the molecule is CC(=O)N(CC(=O)NCCN(C)C)c1ccc2c(c1)OCO2. The van der Waals surface area contributed by atoms with Gasteiger partial charge in [-0.05, 0) is 26.2 Å². The summed E-state index contributed by atoms with van der Waals surface area (Å²) in [5.74, 6) is 0.816. The van der Waals surface area contributed by atoms with Gasteiger partial charge in [-0.2, -0.15) is 0 Å². The third kappa shape index (κ3) is 4.11. The molecule has 0 aromatic heterocycles. The molecule has 2 amide bonds. The average molecular weight is 307 g/mol. The van der Waals surface area contributed by atoms with Crippen molar-refractivity contribution in [2.24, 2.45) is 0 Å². The zero-order chi connectivity index (χ0) is 16.1. The number of nitrogens with zero attached hydrogens (tertiary/aromatic N) is 2. The number of anilines is 1. The highest BCUT2D eigenvalue weighted by Crippen LogP contribution is 2.35. The summed E-state index contributed by atoms with van der Waals surface area (Å²) in [6.45, 7) is 2.86. The van der Waals surface area contributed by atoms with Gasteiger partial charge >= 0.3 is 0 Å². The van der Waals surface area contributed by atoms with E-state index in [0.29, 0.717) is 23.7 Å². The van der Waals surface area contributed by atoms with Gasteiger partial charge in [0.25, 0.3) is 0 Å². The van der Waals surface area contributed by atoms with E-state index in [0.717, 1.165) is 6.54 Å². The molecule has 1 aliphatic rings. The van der Waals surface area contributed by atoms with Crippen LogP contribution in [0.2, 0.25) is 0 Å². The van der Waals surface area contributed by atoms with Crippen LogP contribution in [0.25, 0.3) is 0 Å². The molecule has 0 bridgehead atoms. The van der Waals surface area contributed by atoms with Crippen molar-refractivity contribution >= 4 is 17.5 Å². The van der Waals surface area contributed by atoms with E-state index in [-0.39, 0.29) is 25.2 Å². The van der Waals surface area contributed by atoms with E-state index in [1.54, 1.807) is 18.2 Å². The Bertz CT molecular complexity index is 560. The van der Waals surface area contributed by atoms with Crippen LogP contribution in [0.1, 0.15) is 6.92 Å². The molecule has 120 valence electrons. The van der Waals surface area contributed by atoms with Gasteiger partial charge in [-0.15, -0.1) is 0 Å². The first-order valence-electron chi connectivity index (χ1n) is 7.06. The fraction of sp³-hybridized carbons (Fsp3) is 0.467. The predicted molar refractivity (Wildman–Crippen MR) is 82.2 cm³/mol. The highest BCUT2D eigenvalue weighted by molar-refractivity contribution is 5.97. The third-order valence-corrected chi connectivity index (χ3v) is 3.23. The Morgan fingerprint density at radius 1 is 1.23 bits per heavy atom. The third-order valence-electron chi connectivity index (χ3n) is 3.23. The molecule has 7 heteroatoms. The van der Waals surface area contributed by atoms with Crippen molar-refractivity contribution in [1.29, 1.82) is 0 Å². The number of nitrogens with one attached hydrogen (secondary N) is 1. The molecule has 7 nitrogen and oxygen atoms in total. The second-order valence-corrected chi connectivity index (χ2v) is 5.30. The Hall–Kier alpha value is -2.28. The van der Waals surface area contributed by atoms with Crippen molar-refractivity contribution < 1.29 is 19.1 Å². The lowest BCUT2D eigenvalue weighted by Gasteiger charge is -2.21. The first kappa shape index (κ1) is 16.1. The Kier molecular flexibility index (Phi) is 5.21. The van der Waals surface area contributed by atoms with Crippen LogP contribution >= 0.6 is 0 Å². The molecular formula is C15H21N3O4. The van der Waals surface area contributed by atoms with Crippen molar-refractivity contribution in [2.75, 3.05) is 45.4 Å². The van der Waals surface area contributed by atoms with Crippen LogP contribution in [0, 0.1) is 0 Å². The van der Waals surface area contributed by atoms with Gasteiger partial charge in [0.2, 0.25) is 18.6 Å². The number of fused-ring (bicyclic) bond motifs is 1. The Balaban J connectivity index is 2.01. The summed E-state index contributed by atoms with van der Waals surface area (Å²) in [6, 6.07) is 5.18. The van der Waals surface area contributed by atoms with Gasteiger partial charge in [-0.25, -0.2) is 0 Å². The van der Waals surface area contributed by atoms with Crippen LogP contribution < -0.4 is 19.7 Å². The lowest BCUT2D eigenvalue weighted by Crippen LogP contribution is -2.41. The number of benzene rings is 1. The molecule has 1 N–H and O–H groups in total. The van der Waals surface area contributed by atoms with E-state index in [1.807, 2.05) is 19.0 Å². The summed E-state index contributed by atoms with van der Waals surface area (Å²) in [7, 11) is 3.86. The van der Waals surface area contributed by atoms with Gasteiger partial charge < -0.3 is 24.6 Å². The number of carbonyl (C=O) groups excluding carboxylic acids is 2. The van der Waals surface area contributed by atoms with E-state index < -0.39 is 0 Å². The van der Waals surface area contributed by atoms with E-state index in [9.17, 15) is 9.59 Å². The molecule has 1 aromatic carbocycles. The van der Waals surface area contributed by atoms with E-state index in [4.69, 9.17) is 9.47 Å². The minimum Gasteiger partial charge on any atom is -0.454 e. The maximum Gasteiger partial charge on any atom is 0.240 e. The van der Waals surface area contributed by atoms with E-state index in [1.165, 1.54) is 11.8 Å². The molecule has 0 fully saturated rings. The smallest absolute Gasteiger partial charge is 0.240 e. The van der Waals surface area contributed by atoms with Gasteiger partial charge in [0, 0.05) is 31.8 Å². The van der Waals surface area contributed by atoms with Crippen molar-refractivity contribution in [3.63, 3.8) is 0 Å². The minimum atomic E-state index is -0.207. The van der Waals surface area contributed by atoms with Crippen LogP contribution in [0.15, 0.2) is 18.2 Å². The number of hydrogen-bond donors (Lipinski definition) is 1. The van der Waals surface area contributed by atoms with Gasteiger partial charge in [-0.3, -0.25) is 9.59 Å². The van der Waals surface area contributed by atoms with Gasteiger partial charge in [-0.1, -0.05) is 0 Å². The molecule has 22 heavy (non-hydrogen) atoms. The first-order valence-corrected chi connectivity index (χ1v) is 7.06. The molecule has 0 aliphatic carbocycles. The molecule has 0 radical (unpaired) electrons. The summed E-state index contributed by atoms with van der Waals surface area (Å²) in [5, 5.41) is 2.79. The monoisotopic (exact) mass is 307 g/mol. The molecule has 0 unspecified atom stereocenters. The van der Waals surface area contributed by atoms with E-state index in [2.05, 4.69) is 5.32 Å². The Morgan fingerprint density at radius 3 is 2.64 bits per heavy atom. The molecule has 1 heterocycles. The van der Waals surface area contributed by atoms with Crippen molar-refractivity contribution in [1.82, 2.24) is 10.2 Å². The highest BCUT2D eigenvalue weighted by atomic mass is 16.7. The summed E-state index contributed by atoms with van der Waals surface area (Å²) < 4.78 is 10.5. The fourth-order valence-corrected chi connectivity index (χ4v) is 2.06. The molecule has 0 saturated carbocycles. The molecule has 0 atom stereocenters. The van der Waals surface area contributed by atoms with Crippen LogP contribution in [0.4, 0.5) is 5.69 Å². The van der Waals surface area contributed by atoms with Gasteiger partial charge in [0.15, 0.2) is 11.5 Å². The Morgan fingerprint density at radius 2 is 1.95 bits per heavy atom. The summed E-state index contributed by atoms with van der Waals surface area (Å²) in [4.78, 5) is 27.2. The topological polar surface area (TPSA) is 71.1 Å². The zero-order valence-corrected chi connectivity index (χ0v) is 13.1. The first-order chi connectivity index (χ1) is 10.5. The quantitative estimate of drug-likeness (QED) is 0.826. The lowest BCUT2D eigenvalue weighted by atomic mass is 10.2.